The van der Waals surface area contributed by atoms with E-state index in [1.165, 1.54) is 29.1 Å². The molecule has 8 heteroatoms. The molecule has 0 fully saturated rings. The molecular weight excluding hydrogens is 467 g/mol. The Kier molecular flexibility index (Phi) is 6.16. The fraction of sp³-hybridized carbons (Fsp3) is 0.0741. The molecule has 1 N–H and O–H groups in total. The molecule has 0 spiro atoms. The molecule has 0 unspecified atom stereocenters. The summed E-state index contributed by atoms with van der Waals surface area (Å²) in [5, 5.41) is 4.28. The molecule has 35 heavy (non-hydrogen) atoms. The number of aryl methyl sites for hydroxylation is 1. The first-order valence-corrected chi connectivity index (χ1v) is 11.2. The topological polar surface area (TPSA) is 69.0 Å². The molecule has 0 amide bonds. The van der Waals surface area contributed by atoms with Gasteiger partial charge in [-0.2, -0.15) is 0 Å². The molecular formula is C27H20ClFN4O2. The lowest BCUT2D eigenvalue weighted by Gasteiger charge is -2.15. The van der Waals surface area contributed by atoms with E-state index in [1.54, 1.807) is 36.5 Å². The predicted octanol–water partition coefficient (Wildman–Crippen LogP) is 6.20. The number of aromatic nitrogens is 3. The normalized spacial score (nSPS) is 10.9. The molecule has 5 aromatic rings. The SMILES string of the molecule is Cc1ccc(Nc2cc(=O)n(-c3ccc(OCc4cccc(F)c4)c(Cl)c3)c3ncncc23)cc1. The lowest BCUT2D eigenvalue weighted by molar-refractivity contribution is 0.306. The van der Waals surface area contributed by atoms with Crippen molar-refractivity contribution in [3.05, 3.63) is 118 Å². The Bertz CT molecular complexity index is 1590. The average molecular weight is 487 g/mol. The van der Waals surface area contributed by atoms with E-state index in [0.29, 0.717) is 38.7 Å². The van der Waals surface area contributed by atoms with Crippen LogP contribution in [0.2, 0.25) is 5.02 Å². The van der Waals surface area contributed by atoms with Crippen molar-refractivity contribution in [3.8, 4) is 11.4 Å². The zero-order chi connectivity index (χ0) is 24.4. The van der Waals surface area contributed by atoms with Crippen molar-refractivity contribution in [2.75, 3.05) is 5.32 Å². The van der Waals surface area contributed by atoms with Crippen LogP contribution in [-0.4, -0.2) is 14.5 Å². The maximum absolute atomic E-state index is 13.4. The van der Waals surface area contributed by atoms with Crippen LogP contribution >= 0.6 is 11.6 Å². The van der Waals surface area contributed by atoms with E-state index in [1.807, 2.05) is 31.2 Å². The summed E-state index contributed by atoms with van der Waals surface area (Å²) in [5.41, 5.74) is 3.96. The van der Waals surface area contributed by atoms with Gasteiger partial charge in [-0.15, -0.1) is 0 Å². The van der Waals surface area contributed by atoms with Gasteiger partial charge in [-0.05, 0) is 55.0 Å². The minimum Gasteiger partial charge on any atom is -0.487 e. The van der Waals surface area contributed by atoms with E-state index in [9.17, 15) is 9.18 Å². The van der Waals surface area contributed by atoms with Gasteiger partial charge < -0.3 is 10.1 Å². The number of nitrogens with zero attached hydrogens (tertiary/aromatic N) is 3. The highest BCUT2D eigenvalue weighted by molar-refractivity contribution is 6.32. The smallest absolute Gasteiger partial charge is 0.258 e. The van der Waals surface area contributed by atoms with Gasteiger partial charge in [0.2, 0.25) is 0 Å². The number of hydrogen-bond donors (Lipinski definition) is 1. The molecule has 2 heterocycles. The molecule has 0 atom stereocenters. The summed E-state index contributed by atoms with van der Waals surface area (Å²) in [4.78, 5) is 21.7. The van der Waals surface area contributed by atoms with E-state index < -0.39 is 0 Å². The third kappa shape index (κ3) is 4.85. The highest BCUT2D eigenvalue weighted by atomic mass is 35.5. The van der Waals surface area contributed by atoms with Crippen LogP contribution in [0, 0.1) is 12.7 Å². The summed E-state index contributed by atoms with van der Waals surface area (Å²) in [5.74, 6) is 0.0884. The summed E-state index contributed by atoms with van der Waals surface area (Å²) < 4.78 is 20.6. The van der Waals surface area contributed by atoms with Crippen molar-refractivity contribution < 1.29 is 9.13 Å². The number of rotatable bonds is 6. The molecule has 0 aliphatic rings. The molecule has 174 valence electrons. The molecule has 2 aromatic heterocycles. The number of ether oxygens (including phenoxy) is 1. The Morgan fingerprint density at radius 2 is 1.89 bits per heavy atom. The maximum atomic E-state index is 13.4. The second kappa shape index (κ2) is 9.56. The summed E-state index contributed by atoms with van der Waals surface area (Å²) in [6.45, 7) is 2.17. The molecule has 6 nitrogen and oxygen atoms in total. The highest BCUT2D eigenvalue weighted by Gasteiger charge is 2.14. The van der Waals surface area contributed by atoms with Gasteiger partial charge in [-0.1, -0.05) is 41.4 Å². The van der Waals surface area contributed by atoms with E-state index in [2.05, 4.69) is 15.3 Å². The van der Waals surface area contributed by atoms with Crippen LogP contribution < -0.4 is 15.6 Å². The number of nitrogens with one attached hydrogen (secondary N) is 1. The summed E-state index contributed by atoms with van der Waals surface area (Å²) in [6.07, 6.45) is 3.05. The maximum Gasteiger partial charge on any atom is 0.258 e. The van der Waals surface area contributed by atoms with Gasteiger partial charge >= 0.3 is 0 Å². The monoisotopic (exact) mass is 486 g/mol. The summed E-state index contributed by atoms with van der Waals surface area (Å²) in [7, 11) is 0. The first kappa shape index (κ1) is 22.6. The van der Waals surface area contributed by atoms with Gasteiger partial charge in [-0.3, -0.25) is 9.36 Å². The lowest BCUT2D eigenvalue weighted by Crippen LogP contribution is -2.19. The van der Waals surface area contributed by atoms with Crippen molar-refractivity contribution in [2.24, 2.45) is 0 Å². The average Bonchev–Trinajstić information content (AvgIpc) is 2.85. The molecule has 0 saturated carbocycles. The summed E-state index contributed by atoms with van der Waals surface area (Å²) >= 11 is 6.47. The van der Waals surface area contributed by atoms with Crippen molar-refractivity contribution in [1.29, 1.82) is 0 Å². The van der Waals surface area contributed by atoms with Gasteiger partial charge in [-0.25, -0.2) is 14.4 Å². The van der Waals surface area contributed by atoms with Crippen LogP contribution in [0.15, 0.2) is 90.1 Å². The zero-order valence-electron chi connectivity index (χ0n) is 18.7. The van der Waals surface area contributed by atoms with Gasteiger partial charge in [0.25, 0.3) is 5.56 Å². The van der Waals surface area contributed by atoms with Crippen molar-refractivity contribution in [3.63, 3.8) is 0 Å². The summed E-state index contributed by atoms with van der Waals surface area (Å²) in [6, 6.07) is 20.6. The standard InChI is InChI=1S/C27H20ClFN4O2/c1-17-5-7-20(8-6-17)32-24-13-26(34)33(27-22(24)14-30-16-31-27)21-9-10-25(23(28)12-21)35-15-18-3-2-4-19(29)11-18/h2-14,16,32H,15H2,1H3. The number of halogens is 2. The third-order valence-corrected chi connectivity index (χ3v) is 5.76. The van der Waals surface area contributed by atoms with Crippen LogP contribution in [-0.2, 0) is 6.61 Å². The Balaban J connectivity index is 1.48. The van der Waals surface area contributed by atoms with Crippen molar-refractivity contribution in [1.82, 2.24) is 14.5 Å². The molecule has 0 saturated heterocycles. The van der Waals surface area contributed by atoms with Crippen LogP contribution in [0.5, 0.6) is 5.75 Å². The lowest BCUT2D eigenvalue weighted by atomic mass is 10.2. The van der Waals surface area contributed by atoms with Crippen LogP contribution in [0.25, 0.3) is 16.7 Å². The van der Waals surface area contributed by atoms with Gasteiger partial charge in [0.15, 0.2) is 5.65 Å². The number of fused-ring (bicyclic) bond motifs is 1. The van der Waals surface area contributed by atoms with E-state index in [0.717, 1.165) is 11.3 Å². The minimum absolute atomic E-state index is 0.159. The number of anilines is 2. The Hall–Kier alpha value is -4.23. The number of benzene rings is 3. The Morgan fingerprint density at radius 1 is 1.06 bits per heavy atom. The van der Waals surface area contributed by atoms with Crippen molar-refractivity contribution in [2.45, 2.75) is 13.5 Å². The molecule has 0 radical (unpaired) electrons. The quantitative estimate of drug-likeness (QED) is 0.309. The predicted molar refractivity (Wildman–Crippen MR) is 135 cm³/mol. The Morgan fingerprint density at radius 3 is 2.66 bits per heavy atom. The highest BCUT2D eigenvalue weighted by Crippen LogP contribution is 2.30. The molecule has 0 bridgehead atoms. The second-order valence-corrected chi connectivity index (χ2v) is 8.42. The first-order chi connectivity index (χ1) is 17.0. The van der Waals surface area contributed by atoms with Gasteiger partial charge in [0.1, 0.15) is 24.5 Å². The fourth-order valence-electron chi connectivity index (χ4n) is 3.74. The zero-order valence-corrected chi connectivity index (χ0v) is 19.5. The Labute approximate surface area is 205 Å². The molecule has 0 aliphatic carbocycles. The molecule has 5 rings (SSSR count). The van der Waals surface area contributed by atoms with Crippen LogP contribution in [0.3, 0.4) is 0 Å². The minimum atomic E-state index is -0.332. The molecule has 3 aromatic carbocycles. The van der Waals surface area contributed by atoms with Crippen LogP contribution in [0.1, 0.15) is 11.1 Å². The fourth-order valence-corrected chi connectivity index (χ4v) is 3.97. The van der Waals surface area contributed by atoms with Crippen LogP contribution in [0.4, 0.5) is 15.8 Å². The van der Waals surface area contributed by atoms with E-state index in [4.69, 9.17) is 16.3 Å². The molecule has 0 aliphatic heterocycles. The van der Waals surface area contributed by atoms with Gasteiger partial charge in [0, 0.05) is 18.0 Å². The largest absolute Gasteiger partial charge is 0.487 e. The first-order valence-electron chi connectivity index (χ1n) is 10.8. The van der Waals surface area contributed by atoms with E-state index >= 15 is 0 Å². The van der Waals surface area contributed by atoms with Crippen molar-refractivity contribution >= 4 is 34.0 Å². The number of pyridine rings is 1. The number of hydrogen-bond acceptors (Lipinski definition) is 5. The second-order valence-electron chi connectivity index (χ2n) is 8.02. The van der Waals surface area contributed by atoms with E-state index in [-0.39, 0.29) is 18.0 Å². The van der Waals surface area contributed by atoms with Gasteiger partial charge in [0.05, 0.1) is 21.8 Å². The third-order valence-electron chi connectivity index (χ3n) is 5.47.